The van der Waals surface area contributed by atoms with Crippen LogP contribution in [0.15, 0.2) is 23.2 Å². The minimum atomic E-state index is -3.39. The summed E-state index contributed by atoms with van der Waals surface area (Å²) in [5, 5.41) is 0. The Morgan fingerprint density at radius 1 is 1.36 bits per heavy atom. The second kappa shape index (κ2) is 4.06. The zero-order valence-electron chi connectivity index (χ0n) is 8.48. The summed E-state index contributed by atoms with van der Waals surface area (Å²) in [6.07, 6.45) is 1.36. The average Bonchev–Trinajstić information content (AvgIpc) is 2.02. The Kier molecular flexibility index (Phi) is 3.23. The van der Waals surface area contributed by atoms with Gasteiger partial charge < -0.3 is 0 Å². The summed E-state index contributed by atoms with van der Waals surface area (Å²) >= 11 is 0. The van der Waals surface area contributed by atoms with E-state index in [0.717, 1.165) is 5.69 Å². The van der Waals surface area contributed by atoms with E-state index < -0.39 is 10.0 Å². The highest BCUT2D eigenvalue weighted by molar-refractivity contribution is 7.89. The van der Waals surface area contributed by atoms with Crippen LogP contribution in [0.2, 0.25) is 0 Å². The van der Waals surface area contributed by atoms with E-state index in [0.29, 0.717) is 0 Å². The topological polar surface area (TPSA) is 59.1 Å². The molecule has 1 rings (SSSR count). The first kappa shape index (κ1) is 11.1. The van der Waals surface area contributed by atoms with Crippen molar-refractivity contribution in [3.8, 4) is 0 Å². The van der Waals surface area contributed by atoms with Gasteiger partial charge in [-0.15, -0.1) is 0 Å². The lowest BCUT2D eigenvalue weighted by Crippen LogP contribution is -2.30. The van der Waals surface area contributed by atoms with Gasteiger partial charge >= 0.3 is 0 Å². The second-order valence-electron chi connectivity index (χ2n) is 3.41. The molecule has 0 aliphatic rings. The molecule has 0 fully saturated rings. The normalized spacial score (nSPS) is 12.0. The number of aryl methyl sites for hydroxylation is 1. The van der Waals surface area contributed by atoms with E-state index in [2.05, 4.69) is 9.71 Å². The van der Waals surface area contributed by atoms with Crippen LogP contribution in [-0.2, 0) is 10.0 Å². The van der Waals surface area contributed by atoms with Crippen LogP contribution < -0.4 is 4.72 Å². The van der Waals surface area contributed by atoms with E-state index in [4.69, 9.17) is 0 Å². The Hall–Kier alpha value is -0.940. The van der Waals surface area contributed by atoms with Gasteiger partial charge in [0.05, 0.1) is 0 Å². The Labute approximate surface area is 84.4 Å². The molecule has 0 bridgehead atoms. The molecule has 78 valence electrons. The van der Waals surface area contributed by atoms with Crippen LogP contribution in [0.5, 0.6) is 0 Å². The van der Waals surface area contributed by atoms with Crippen molar-refractivity contribution < 1.29 is 8.42 Å². The maximum atomic E-state index is 11.6. The third-order valence-corrected chi connectivity index (χ3v) is 3.23. The number of nitrogens with zero attached hydrogens (tertiary/aromatic N) is 1. The molecule has 0 unspecified atom stereocenters. The minimum absolute atomic E-state index is 0.110. The predicted octanol–water partition coefficient (Wildman–Crippen LogP) is 1.08. The summed E-state index contributed by atoms with van der Waals surface area (Å²) in [6.45, 7) is 5.37. The van der Waals surface area contributed by atoms with Crippen LogP contribution in [0, 0.1) is 6.92 Å². The zero-order valence-corrected chi connectivity index (χ0v) is 9.30. The summed E-state index contributed by atoms with van der Waals surface area (Å²) in [5.74, 6) is 0. The average molecular weight is 214 g/mol. The summed E-state index contributed by atoms with van der Waals surface area (Å²) in [6, 6.07) is 3.11. The first-order valence-electron chi connectivity index (χ1n) is 4.37. The fraction of sp³-hybridized carbons (Fsp3) is 0.444. The van der Waals surface area contributed by atoms with Crippen molar-refractivity contribution in [2.24, 2.45) is 0 Å². The van der Waals surface area contributed by atoms with Crippen molar-refractivity contribution in [1.82, 2.24) is 9.71 Å². The molecule has 1 aromatic heterocycles. The fourth-order valence-electron chi connectivity index (χ4n) is 0.992. The quantitative estimate of drug-likeness (QED) is 0.819. The van der Waals surface area contributed by atoms with E-state index in [-0.39, 0.29) is 10.9 Å². The van der Waals surface area contributed by atoms with E-state index in [1.807, 2.05) is 6.92 Å². The summed E-state index contributed by atoms with van der Waals surface area (Å²) in [5.41, 5.74) is 0.800. The molecule has 0 aliphatic heterocycles. The molecule has 0 radical (unpaired) electrons. The maximum Gasteiger partial charge on any atom is 0.242 e. The zero-order chi connectivity index (χ0) is 10.8. The number of aromatic nitrogens is 1. The Balaban J connectivity index is 2.99. The lowest BCUT2D eigenvalue weighted by Gasteiger charge is -2.08. The first-order valence-corrected chi connectivity index (χ1v) is 5.85. The third-order valence-electron chi connectivity index (χ3n) is 1.59. The van der Waals surface area contributed by atoms with Gasteiger partial charge in [-0.25, -0.2) is 13.1 Å². The lowest BCUT2D eigenvalue weighted by molar-refractivity contribution is 0.569. The monoisotopic (exact) mass is 214 g/mol. The van der Waals surface area contributed by atoms with Gasteiger partial charge in [-0.3, -0.25) is 4.98 Å². The van der Waals surface area contributed by atoms with Crippen molar-refractivity contribution in [1.29, 1.82) is 0 Å². The van der Waals surface area contributed by atoms with E-state index in [9.17, 15) is 8.42 Å². The van der Waals surface area contributed by atoms with Gasteiger partial charge in [0.1, 0.15) is 4.90 Å². The molecule has 0 aliphatic carbocycles. The molecular weight excluding hydrogens is 200 g/mol. The van der Waals surface area contributed by atoms with Crippen LogP contribution >= 0.6 is 0 Å². The first-order chi connectivity index (χ1) is 6.42. The highest BCUT2D eigenvalue weighted by atomic mass is 32.2. The van der Waals surface area contributed by atoms with Crippen LogP contribution in [-0.4, -0.2) is 19.4 Å². The van der Waals surface area contributed by atoms with E-state index in [1.54, 1.807) is 26.0 Å². The predicted molar refractivity (Wildman–Crippen MR) is 54.4 cm³/mol. The van der Waals surface area contributed by atoms with Crippen LogP contribution in [0.3, 0.4) is 0 Å². The SMILES string of the molecule is Cc1ccc(S(=O)(=O)NC(C)C)cn1. The van der Waals surface area contributed by atoms with Crippen LogP contribution in [0.25, 0.3) is 0 Å². The number of sulfonamides is 1. The summed E-state index contributed by atoms with van der Waals surface area (Å²) in [7, 11) is -3.39. The molecule has 1 N–H and O–H groups in total. The third kappa shape index (κ3) is 2.78. The molecular formula is C9H14N2O2S. The van der Waals surface area contributed by atoms with Gasteiger partial charge in [-0.1, -0.05) is 0 Å². The maximum absolute atomic E-state index is 11.6. The van der Waals surface area contributed by atoms with Crippen LogP contribution in [0.4, 0.5) is 0 Å². The van der Waals surface area contributed by atoms with E-state index in [1.165, 1.54) is 6.20 Å². The fourth-order valence-corrected chi connectivity index (χ4v) is 2.19. The highest BCUT2D eigenvalue weighted by Crippen LogP contribution is 2.07. The largest absolute Gasteiger partial charge is 0.260 e. The van der Waals surface area contributed by atoms with Crippen molar-refractivity contribution in [3.05, 3.63) is 24.0 Å². The Morgan fingerprint density at radius 3 is 2.43 bits per heavy atom. The van der Waals surface area contributed by atoms with Gasteiger partial charge in [0.2, 0.25) is 10.0 Å². The molecule has 0 spiro atoms. The molecule has 0 amide bonds. The molecule has 0 atom stereocenters. The smallest absolute Gasteiger partial charge is 0.242 e. The number of hydrogen-bond acceptors (Lipinski definition) is 3. The molecule has 0 saturated heterocycles. The molecule has 5 heteroatoms. The highest BCUT2D eigenvalue weighted by Gasteiger charge is 2.14. The van der Waals surface area contributed by atoms with Gasteiger partial charge in [0.15, 0.2) is 0 Å². The number of pyridine rings is 1. The molecule has 14 heavy (non-hydrogen) atoms. The second-order valence-corrected chi connectivity index (χ2v) is 5.13. The van der Waals surface area contributed by atoms with Gasteiger partial charge in [0, 0.05) is 17.9 Å². The summed E-state index contributed by atoms with van der Waals surface area (Å²) < 4.78 is 25.7. The molecule has 4 nitrogen and oxygen atoms in total. The minimum Gasteiger partial charge on any atom is -0.260 e. The van der Waals surface area contributed by atoms with Crippen molar-refractivity contribution in [2.75, 3.05) is 0 Å². The van der Waals surface area contributed by atoms with Gasteiger partial charge in [-0.2, -0.15) is 0 Å². The number of hydrogen-bond donors (Lipinski definition) is 1. The molecule has 1 aromatic rings. The van der Waals surface area contributed by atoms with Crippen LogP contribution in [0.1, 0.15) is 19.5 Å². The molecule has 0 aromatic carbocycles. The Morgan fingerprint density at radius 2 is 2.00 bits per heavy atom. The number of rotatable bonds is 3. The molecule has 0 saturated carbocycles. The van der Waals surface area contributed by atoms with Crippen molar-refractivity contribution >= 4 is 10.0 Å². The standard InChI is InChI=1S/C9H14N2O2S/c1-7(2)11-14(12,13)9-5-4-8(3)10-6-9/h4-7,11H,1-3H3. The van der Waals surface area contributed by atoms with Gasteiger partial charge in [0.25, 0.3) is 0 Å². The Bertz CT molecular complexity index is 395. The van der Waals surface area contributed by atoms with Crippen molar-refractivity contribution in [2.45, 2.75) is 31.7 Å². The summed E-state index contributed by atoms with van der Waals surface area (Å²) in [4.78, 5) is 4.14. The number of nitrogens with one attached hydrogen (secondary N) is 1. The van der Waals surface area contributed by atoms with Gasteiger partial charge in [-0.05, 0) is 32.9 Å². The molecule has 1 heterocycles. The van der Waals surface area contributed by atoms with E-state index >= 15 is 0 Å². The lowest BCUT2D eigenvalue weighted by atomic mass is 10.4. The van der Waals surface area contributed by atoms with Crippen molar-refractivity contribution in [3.63, 3.8) is 0 Å².